The summed E-state index contributed by atoms with van der Waals surface area (Å²) in [7, 11) is 1.26. The first-order chi connectivity index (χ1) is 13.3. The van der Waals surface area contributed by atoms with Gasteiger partial charge in [-0.2, -0.15) is 0 Å². The Balaban J connectivity index is 2.73. The fraction of sp³-hybridized carbons (Fsp3) is 0.350. The summed E-state index contributed by atoms with van der Waals surface area (Å²) in [5.41, 5.74) is 1.69. The minimum Gasteiger partial charge on any atom is -0.466 e. The lowest BCUT2D eigenvalue weighted by Crippen LogP contribution is -2.35. The third-order valence-electron chi connectivity index (χ3n) is 4.18. The van der Waals surface area contributed by atoms with Crippen molar-refractivity contribution in [1.82, 2.24) is 5.32 Å². The summed E-state index contributed by atoms with van der Waals surface area (Å²) in [6.07, 6.45) is 0. The van der Waals surface area contributed by atoms with Gasteiger partial charge in [-0.05, 0) is 25.5 Å². The van der Waals surface area contributed by atoms with Crippen LogP contribution < -0.4 is 5.32 Å². The van der Waals surface area contributed by atoms with Crippen LogP contribution in [0.2, 0.25) is 5.02 Å². The lowest BCUT2D eigenvalue weighted by molar-refractivity contribution is -0.142. The molecule has 1 aromatic rings. The normalized spacial score (nSPS) is 16.4. The second-order valence-corrected chi connectivity index (χ2v) is 6.41. The number of halogens is 1. The van der Waals surface area contributed by atoms with E-state index in [0.717, 1.165) is 0 Å². The highest BCUT2D eigenvalue weighted by Gasteiger charge is 2.39. The summed E-state index contributed by atoms with van der Waals surface area (Å²) in [6, 6.07) is 6.88. The summed E-state index contributed by atoms with van der Waals surface area (Å²) in [6.45, 7) is 4.56. The van der Waals surface area contributed by atoms with Gasteiger partial charge in [0.05, 0.1) is 36.5 Å². The SMILES string of the molecule is CCOC(=O)C1=C(COC(C)=O)NC(C)=C(C(=O)OC)[C@H]1c1ccccc1Cl. The van der Waals surface area contributed by atoms with Gasteiger partial charge < -0.3 is 19.5 Å². The topological polar surface area (TPSA) is 90.9 Å². The van der Waals surface area contributed by atoms with Gasteiger partial charge in [0.2, 0.25) is 0 Å². The molecule has 0 aromatic heterocycles. The average molecular weight is 408 g/mol. The summed E-state index contributed by atoms with van der Waals surface area (Å²) >= 11 is 6.39. The molecule has 1 aliphatic rings. The molecule has 7 nitrogen and oxygen atoms in total. The zero-order valence-corrected chi connectivity index (χ0v) is 16.9. The Bertz CT molecular complexity index is 858. The molecule has 1 aromatic carbocycles. The summed E-state index contributed by atoms with van der Waals surface area (Å²) in [5.74, 6) is -2.60. The number of hydrogen-bond acceptors (Lipinski definition) is 7. The quantitative estimate of drug-likeness (QED) is 0.572. The molecular formula is C20H22ClNO6. The zero-order chi connectivity index (χ0) is 20.8. The van der Waals surface area contributed by atoms with Crippen LogP contribution in [0.25, 0.3) is 0 Å². The van der Waals surface area contributed by atoms with Gasteiger partial charge in [-0.15, -0.1) is 0 Å². The van der Waals surface area contributed by atoms with Crippen molar-refractivity contribution in [3.63, 3.8) is 0 Å². The van der Waals surface area contributed by atoms with Crippen molar-refractivity contribution in [2.45, 2.75) is 26.7 Å². The van der Waals surface area contributed by atoms with Crippen LogP contribution in [-0.4, -0.2) is 38.2 Å². The Kier molecular flexibility index (Phi) is 7.23. The number of dihydropyridines is 1. The number of carbonyl (C=O) groups is 3. The van der Waals surface area contributed by atoms with Gasteiger partial charge in [0.15, 0.2) is 0 Å². The molecule has 1 atom stereocenters. The fourth-order valence-electron chi connectivity index (χ4n) is 3.03. The smallest absolute Gasteiger partial charge is 0.336 e. The minimum absolute atomic E-state index is 0.134. The van der Waals surface area contributed by atoms with Crippen molar-refractivity contribution in [3.05, 3.63) is 57.4 Å². The van der Waals surface area contributed by atoms with Gasteiger partial charge in [-0.3, -0.25) is 4.79 Å². The number of carbonyl (C=O) groups excluding carboxylic acids is 3. The Morgan fingerprint density at radius 2 is 1.79 bits per heavy atom. The molecule has 0 aliphatic carbocycles. The van der Waals surface area contributed by atoms with E-state index in [0.29, 0.717) is 22.0 Å². The van der Waals surface area contributed by atoms with Gasteiger partial charge in [-0.1, -0.05) is 29.8 Å². The molecule has 0 amide bonds. The van der Waals surface area contributed by atoms with Crippen LogP contribution in [-0.2, 0) is 28.6 Å². The second-order valence-electron chi connectivity index (χ2n) is 6.00. The molecule has 1 N–H and O–H groups in total. The van der Waals surface area contributed by atoms with Crippen molar-refractivity contribution < 1.29 is 28.6 Å². The Morgan fingerprint density at radius 1 is 1.11 bits per heavy atom. The van der Waals surface area contributed by atoms with Crippen LogP contribution in [0.1, 0.15) is 32.3 Å². The standard InChI is InChI=1S/C20H22ClNO6/c1-5-27-20(25)18-15(10-28-12(3)23)22-11(2)16(19(24)26-4)17(18)13-8-6-7-9-14(13)21/h6-9,17,22H,5,10H2,1-4H3/t17-/m1/s1. The molecule has 28 heavy (non-hydrogen) atoms. The predicted molar refractivity (Wildman–Crippen MR) is 102 cm³/mol. The first kappa shape index (κ1) is 21.5. The van der Waals surface area contributed by atoms with E-state index in [1.54, 1.807) is 38.1 Å². The molecule has 0 spiro atoms. The van der Waals surface area contributed by atoms with E-state index in [9.17, 15) is 14.4 Å². The molecule has 0 fully saturated rings. The Hall–Kier alpha value is -2.80. The number of rotatable bonds is 6. The average Bonchev–Trinajstić information content (AvgIpc) is 2.65. The molecule has 1 aliphatic heterocycles. The van der Waals surface area contributed by atoms with Gasteiger partial charge in [0, 0.05) is 17.6 Å². The maximum atomic E-state index is 12.8. The van der Waals surface area contributed by atoms with Crippen LogP contribution in [0, 0.1) is 0 Å². The third-order valence-corrected chi connectivity index (χ3v) is 4.53. The van der Waals surface area contributed by atoms with Gasteiger partial charge in [-0.25, -0.2) is 9.59 Å². The van der Waals surface area contributed by atoms with E-state index >= 15 is 0 Å². The number of benzene rings is 1. The summed E-state index contributed by atoms with van der Waals surface area (Å²) in [4.78, 5) is 36.7. The lowest BCUT2D eigenvalue weighted by Gasteiger charge is -2.31. The summed E-state index contributed by atoms with van der Waals surface area (Å²) in [5, 5.41) is 3.36. The van der Waals surface area contributed by atoms with Crippen LogP contribution in [0.15, 0.2) is 46.8 Å². The molecule has 2 rings (SSSR count). The third kappa shape index (κ3) is 4.54. The van der Waals surface area contributed by atoms with E-state index in [1.807, 2.05) is 0 Å². The maximum Gasteiger partial charge on any atom is 0.336 e. The monoisotopic (exact) mass is 407 g/mol. The van der Waals surface area contributed by atoms with E-state index in [-0.39, 0.29) is 24.4 Å². The van der Waals surface area contributed by atoms with Crippen LogP contribution in [0.3, 0.4) is 0 Å². The number of hydrogen-bond donors (Lipinski definition) is 1. The molecular weight excluding hydrogens is 386 g/mol. The first-order valence-electron chi connectivity index (χ1n) is 8.65. The molecule has 8 heteroatoms. The highest BCUT2D eigenvalue weighted by Crippen LogP contribution is 2.41. The van der Waals surface area contributed by atoms with Gasteiger partial charge in [0.25, 0.3) is 0 Å². The largest absolute Gasteiger partial charge is 0.466 e. The van der Waals surface area contributed by atoms with E-state index in [2.05, 4.69) is 5.32 Å². The lowest BCUT2D eigenvalue weighted by atomic mass is 9.80. The van der Waals surface area contributed by atoms with Crippen molar-refractivity contribution in [1.29, 1.82) is 0 Å². The Labute approximate surface area is 168 Å². The van der Waals surface area contributed by atoms with Gasteiger partial charge in [0.1, 0.15) is 6.61 Å². The van der Waals surface area contributed by atoms with Crippen LogP contribution >= 0.6 is 11.6 Å². The molecule has 1 heterocycles. The predicted octanol–water partition coefficient (Wildman–Crippen LogP) is 2.85. The van der Waals surface area contributed by atoms with E-state index < -0.39 is 23.8 Å². The highest BCUT2D eigenvalue weighted by atomic mass is 35.5. The van der Waals surface area contributed by atoms with Crippen LogP contribution in [0.5, 0.6) is 0 Å². The van der Waals surface area contributed by atoms with Gasteiger partial charge >= 0.3 is 17.9 Å². The molecule has 0 bridgehead atoms. The van der Waals surface area contributed by atoms with Crippen molar-refractivity contribution in [2.24, 2.45) is 0 Å². The number of esters is 3. The first-order valence-corrected chi connectivity index (χ1v) is 9.03. The van der Waals surface area contributed by atoms with Crippen molar-refractivity contribution >= 4 is 29.5 Å². The number of nitrogens with one attached hydrogen (secondary N) is 1. The number of allylic oxidation sites excluding steroid dienone is 1. The Morgan fingerprint density at radius 3 is 2.36 bits per heavy atom. The molecule has 0 saturated heterocycles. The highest BCUT2D eigenvalue weighted by molar-refractivity contribution is 6.31. The maximum absolute atomic E-state index is 12.8. The van der Waals surface area contributed by atoms with Crippen molar-refractivity contribution in [3.8, 4) is 0 Å². The number of methoxy groups -OCH3 is 1. The zero-order valence-electron chi connectivity index (χ0n) is 16.1. The summed E-state index contributed by atoms with van der Waals surface area (Å²) < 4.78 is 15.2. The minimum atomic E-state index is -0.841. The molecule has 0 radical (unpaired) electrons. The fourth-order valence-corrected chi connectivity index (χ4v) is 3.28. The molecule has 150 valence electrons. The van der Waals surface area contributed by atoms with Crippen molar-refractivity contribution in [2.75, 3.05) is 20.3 Å². The second kappa shape index (κ2) is 9.41. The van der Waals surface area contributed by atoms with E-state index in [1.165, 1.54) is 14.0 Å². The van der Waals surface area contributed by atoms with E-state index in [4.69, 9.17) is 25.8 Å². The number of ether oxygens (including phenoxy) is 3. The molecule has 0 unspecified atom stereocenters. The van der Waals surface area contributed by atoms with Crippen LogP contribution in [0.4, 0.5) is 0 Å². The molecule has 0 saturated carbocycles.